The molecule has 1 aromatic heterocycles. The number of benzene rings is 1. The summed E-state index contributed by atoms with van der Waals surface area (Å²) in [7, 11) is 0. The van der Waals surface area contributed by atoms with Crippen molar-refractivity contribution in [3.63, 3.8) is 0 Å². The van der Waals surface area contributed by atoms with Crippen molar-refractivity contribution < 1.29 is 9.59 Å². The second kappa shape index (κ2) is 7.91. The third-order valence-corrected chi connectivity index (χ3v) is 5.52. The fourth-order valence-electron chi connectivity index (χ4n) is 3.86. The first-order chi connectivity index (χ1) is 13.2. The zero-order valence-electron chi connectivity index (χ0n) is 15.4. The molecule has 1 aliphatic carbocycles. The topological polar surface area (TPSA) is 62.3 Å². The number of nitrogens with one attached hydrogen (secondary N) is 1. The largest absolute Gasteiger partial charge is 0.352 e. The predicted octanol–water partition coefficient (Wildman–Crippen LogP) is 3.13. The molecule has 2 unspecified atom stereocenters. The molecule has 140 valence electrons. The number of aromatic nitrogens is 1. The number of carbonyl (C=O) groups excluding carboxylic acids is 2. The summed E-state index contributed by atoms with van der Waals surface area (Å²) in [4.78, 5) is 31.1. The molecular weight excluding hydrogens is 338 g/mol. The van der Waals surface area contributed by atoms with E-state index in [1.165, 1.54) is 6.42 Å². The summed E-state index contributed by atoms with van der Waals surface area (Å²) in [6.07, 6.45) is 7.84. The molecule has 0 radical (unpaired) electrons. The Hall–Kier alpha value is -2.69. The summed E-state index contributed by atoms with van der Waals surface area (Å²) in [5.74, 6) is 0.497. The molecule has 4 rings (SSSR count). The summed E-state index contributed by atoms with van der Waals surface area (Å²) in [5, 5.41) is 3.02. The third-order valence-electron chi connectivity index (χ3n) is 5.52. The molecule has 2 aliphatic rings. The van der Waals surface area contributed by atoms with Crippen molar-refractivity contribution in [1.82, 2.24) is 15.2 Å². The van der Waals surface area contributed by atoms with E-state index >= 15 is 0 Å². The standard InChI is InChI=1S/C22H25N3O2/c26-21(20-13-19(20)18-8-5-9-23-15-18)24-14-16-6-4-7-17(12-16)22(27)25-10-2-1-3-11-25/h4-9,12,15,19-20H,1-3,10-11,13-14H2,(H,24,26). The molecule has 0 spiro atoms. The normalized spacial score (nSPS) is 21.6. The Bertz CT molecular complexity index is 815. The summed E-state index contributed by atoms with van der Waals surface area (Å²) in [6, 6.07) is 11.6. The second-order valence-corrected chi connectivity index (χ2v) is 7.51. The van der Waals surface area contributed by atoms with Gasteiger partial charge in [0.05, 0.1) is 0 Å². The molecule has 2 amide bonds. The van der Waals surface area contributed by atoms with Gasteiger partial charge in [0.15, 0.2) is 0 Å². The summed E-state index contributed by atoms with van der Waals surface area (Å²) >= 11 is 0. The first-order valence-corrected chi connectivity index (χ1v) is 9.78. The highest BCUT2D eigenvalue weighted by atomic mass is 16.2. The van der Waals surface area contributed by atoms with Crippen LogP contribution in [0.15, 0.2) is 48.8 Å². The van der Waals surface area contributed by atoms with Crippen molar-refractivity contribution >= 4 is 11.8 Å². The lowest BCUT2D eigenvalue weighted by Crippen LogP contribution is -2.35. The van der Waals surface area contributed by atoms with Crippen molar-refractivity contribution in [2.45, 2.75) is 38.1 Å². The molecule has 27 heavy (non-hydrogen) atoms. The van der Waals surface area contributed by atoms with Crippen LogP contribution in [0.3, 0.4) is 0 Å². The second-order valence-electron chi connectivity index (χ2n) is 7.51. The third kappa shape index (κ3) is 4.18. The minimum absolute atomic E-state index is 0.0346. The number of amides is 2. The molecule has 1 saturated heterocycles. The Labute approximate surface area is 159 Å². The number of rotatable bonds is 5. The van der Waals surface area contributed by atoms with Gasteiger partial charge in [0, 0.05) is 43.5 Å². The van der Waals surface area contributed by atoms with Crippen LogP contribution in [0, 0.1) is 5.92 Å². The Morgan fingerprint density at radius 2 is 1.96 bits per heavy atom. The van der Waals surface area contributed by atoms with Gasteiger partial charge in [0.1, 0.15) is 0 Å². The van der Waals surface area contributed by atoms with Gasteiger partial charge in [-0.15, -0.1) is 0 Å². The smallest absolute Gasteiger partial charge is 0.253 e. The van der Waals surface area contributed by atoms with Crippen LogP contribution in [0.4, 0.5) is 0 Å². The van der Waals surface area contributed by atoms with E-state index in [4.69, 9.17) is 0 Å². The lowest BCUT2D eigenvalue weighted by Gasteiger charge is -2.26. The van der Waals surface area contributed by atoms with Gasteiger partial charge in [-0.2, -0.15) is 0 Å². The number of likely N-dealkylation sites (tertiary alicyclic amines) is 1. The molecule has 2 atom stereocenters. The molecule has 1 aliphatic heterocycles. The van der Waals surface area contributed by atoms with Crippen molar-refractivity contribution in [3.8, 4) is 0 Å². The Kier molecular flexibility index (Phi) is 5.19. The maximum Gasteiger partial charge on any atom is 0.253 e. The van der Waals surface area contributed by atoms with Gasteiger partial charge in [-0.25, -0.2) is 0 Å². The van der Waals surface area contributed by atoms with Crippen LogP contribution in [0.5, 0.6) is 0 Å². The molecule has 1 aromatic carbocycles. The van der Waals surface area contributed by atoms with Gasteiger partial charge in [0.2, 0.25) is 5.91 Å². The minimum atomic E-state index is 0.0346. The molecule has 1 N–H and O–H groups in total. The molecule has 2 fully saturated rings. The van der Waals surface area contributed by atoms with Crippen LogP contribution in [-0.2, 0) is 11.3 Å². The van der Waals surface area contributed by atoms with Crippen LogP contribution >= 0.6 is 0 Å². The molecule has 1 saturated carbocycles. The number of nitrogens with zero attached hydrogens (tertiary/aromatic N) is 2. The van der Waals surface area contributed by atoms with Crippen LogP contribution in [0.2, 0.25) is 0 Å². The first-order valence-electron chi connectivity index (χ1n) is 9.78. The van der Waals surface area contributed by atoms with Gasteiger partial charge < -0.3 is 10.2 Å². The molecule has 5 heteroatoms. The quantitative estimate of drug-likeness (QED) is 0.888. The first kappa shape index (κ1) is 17.7. The Balaban J connectivity index is 1.32. The number of hydrogen-bond acceptors (Lipinski definition) is 3. The monoisotopic (exact) mass is 363 g/mol. The van der Waals surface area contributed by atoms with Crippen molar-refractivity contribution in [1.29, 1.82) is 0 Å². The maximum atomic E-state index is 12.6. The SMILES string of the molecule is O=C(NCc1cccc(C(=O)N2CCCCC2)c1)C1CC1c1cccnc1. The molecule has 2 heterocycles. The minimum Gasteiger partial charge on any atom is -0.352 e. The summed E-state index contributed by atoms with van der Waals surface area (Å²) in [6.45, 7) is 2.14. The highest BCUT2D eigenvalue weighted by Crippen LogP contribution is 2.47. The van der Waals surface area contributed by atoms with E-state index in [0.29, 0.717) is 12.1 Å². The van der Waals surface area contributed by atoms with E-state index in [1.807, 2.05) is 47.5 Å². The average Bonchev–Trinajstić information content (AvgIpc) is 3.54. The highest BCUT2D eigenvalue weighted by molar-refractivity contribution is 5.94. The number of pyridine rings is 1. The van der Waals surface area contributed by atoms with E-state index in [1.54, 1.807) is 6.20 Å². The summed E-state index contributed by atoms with van der Waals surface area (Å²) in [5.41, 5.74) is 2.81. The zero-order chi connectivity index (χ0) is 18.6. The lowest BCUT2D eigenvalue weighted by molar-refractivity contribution is -0.122. The Morgan fingerprint density at radius 3 is 2.74 bits per heavy atom. The van der Waals surface area contributed by atoms with Gasteiger partial charge in [-0.05, 0) is 60.9 Å². The van der Waals surface area contributed by atoms with Gasteiger partial charge >= 0.3 is 0 Å². The van der Waals surface area contributed by atoms with Crippen LogP contribution in [0.1, 0.15) is 53.1 Å². The van der Waals surface area contributed by atoms with Gasteiger partial charge in [-0.1, -0.05) is 18.2 Å². The lowest BCUT2D eigenvalue weighted by atomic mass is 10.1. The van der Waals surface area contributed by atoms with E-state index < -0.39 is 0 Å². The fraction of sp³-hybridized carbons (Fsp3) is 0.409. The number of piperidine rings is 1. The van der Waals surface area contributed by atoms with Crippen molar-refractivity contribution in [3.05, 3.63) is 65.5 Å². The Morgan fingerprint density at radius 1 is 1.11 bits per heavy atom. The van der Waals surface area contributed by atoms with E-state index in [9.17, 15) is 9.59 Å². The molecular formula is C22H25N3O2. The number of carbonyl (C=O) groups is 2. The predicted molar refractivity (Wildman–Crippen MR) is 103 cm³/mol. The molecule has 0 bridgehead atoms. The van der Waals surface area contributed by atoms with E-state index in [0.717, 1.165) is 43.5 Å². The average molecular weight is 363 g/mol. The van der Waals surface area contributed by atoms with Gasteiger partial charge in [0.25, 0.3) is 5.91 Å². The van der Waals surface area contributed by atoms with Gasteiger partial charge in [-0.3, -0.25) is 14.6 Å². The molecule has 2 aromatic rings. The van der Waals surface area contributed by atoms with E-state index in [2.05, 4.69) is 10.3 Å². The highest BCUT2D eigenvalue weighted by Gasteiger charge is 2.43. The van der Waals surface area contributed by atoms with E-state index in [-0.39, 0.29) is 23.7 Å². The molecule has 5 nitrogen and oxygen atoms in total. The van der Waals surface area contributed by atoms with Crippen molar-refractivity contribution in [2.75, 3.05) is 13.1 Å². The fourth-order valence-corrected chi connectivity index (χ4v) is 3.86. The van der Waals surface area contributed by atoms with Crippen LogP contribution in [-0.4, -0.2) is 34.8 Å². The number of hydrogen-bond donors (Lipinski definition) is 1. The maximum absolute atomic E-state index is 12.6. The van der Waals surface area contributed by atoms with Crippen molar-refractivity contribution in [2.24, 2.45) is 5.92 Å². The summed E-state index contributed by atoms with van der Waals surface area (Å²) < 4.78 is 0. The van der Waals surface area contributed by atoms with Crippen LogP contribution < -0.4 is 5.32 Å². The zero-order valence-corrected chi connectivity index (χ0v) is 15.4. The van der Waals surface area contributed by atoms with Crippen LogP contribution in [0.25, 0.3) is 0 Å².